The number of carbonyl (C=O) groups is 2. The third-order valence-electron chi connectivity index (χ3n) is 6.25. The normalized spacial score (nSPS) is 19.9. The number of aromatic nitrogens is 4. The monoisotopic (exact) mass is 474 g/mol. The molecular formula is C24H26N8O3. The summed E-state index contributed by atoms with van der Waals surface area (Å²) < 4.78 is 7.06. The second-order valence-electron chi connectivity index (χ2n) is 9.06. The van der Waals surface area contributed by atoms with Crippen LogP contribution in [0.25, 0.3) is 11.7 Å². The number of hydrogen-bond acceptors (Lipinski definition) is 9. The van der Waals surface area contributed by atoms with Crippen molar-refractivity contribution in [2.45, 2.75) is 31.8 Å². The average Bonchev–Trinajstić information content (AvgIpc) is 3.49. The Kier molecular flexibility index (Phi) is 5.63. The minimum Gasteiger partial charge on any atom is -0.379 e. The van der Waals surface area contributed by atoms with Gasteiger partial charge in [-0.15, -0.1) is 0 Å². The molecule has 0 radical (unpaired) electrons. The number of carbonyl (C=O) groups excluding carboxylic acids is 2. The highest BCUT2D eigenvalue weighted by molar-refractivity contribution is 6.15. The number of rotatable bonds is 7. The minimum absolute atomic E-state index is 0.0519. The van der Waals surface area contributed by atoms with E-state index in [0.717, 1.165) is 51.4 Å². The molecule has 2 saturated heterocycles. The van der Waals surface area contributed by atoms with Gasteiger partial charge in [-0.3, -0.25) is 19.8 Å². The van der Waals surface area contributed by atoms with Crippen molar-refractivity contribution < 1.29 is 14.3 Å². The van der Waals surface area contributed by atoms with E-state index in [1.165, 1.54) is 5.56 Å². The van der Waals surface area contributed by atoms with E-state index in [4.69, 9.17) is 4.74 Å². The summed E-state index contributed by atoms with van der Waals surface area (Å²) in [5.74, 6) is 0.326. The smallest absolute Gasteiger partial charge is 0.254 e. The zero-order valence-electron chi connectivity index (χ0n) is 19.2. The quantitative estimate of drug-likeness (QED) is 0.346. The lowest BCUT2D eigenvalue weighted by molar-refractivity contribution is -0.124. The van der Waals surface area contributed by atoms with Gasteiger partial charge in [0.25, 0.3) is 5.91 Å². The van der Waals surface area contributed by atoms with E-state index in [2.05, 4.69) is 48.0 Å². The molecular weight excluding hydrogens is 448 g/mol. The highest BCUT2D eigenvalue weighted by Crippen LogP contribution is 2.27. The molecule has 11 heteroatoms. The zero-order valence-corrected chi connectivity index (χ0v) is 19.2. The highest BCUT2D eigenvalue weighted by atomic mass is 16.5. The number of nitrogens with zero attached hydrogens (tertiary/aromatic N) is 5. The fourth-order valence-corrected chi connectivity index (χ4v) is 4.20. The average molecular weight is 475 g/mol. The first-order chi connectivity index (χ1) is 17.1. The van der Waals surface area contributed by atoms with E-state index in [1.807, 2.05) is 12.1 Å². The van der Waals surface area contributed by atoms with Crippen LogP contribution in [0.4, 0.5) is 17.6 Å². The van der Waals surface area contributed by atoms with Gasteiger partial charge in [-0.05, 0) is 36.6 Å². The Morgan fingerprint density at radius 1 is 1.11 bits per heavy atom. The summed E-state index contributed by atoms with van der Waals surface area (Å²) in [7, 11) is 0. The van der Waals surface area contributed by atoms with Gasteiger partial charge in [0.05, 0.1) is 25.8 Å². The molecule has 1 saturated carbocycles. The van der Waals surface area contributed by atoms with E-state index in [0.29, 0.717) is 34.7 Å². The lowest BCUT2D eigenvalue weighted by Crippen LogP contribution is -2.35. The first-order valence-electron chi connectivity index (χ1n) is 11.8. The molecule has 180 valence electrons. The van der Waals surface area contributed by atoms with Gasteiger partial charge in [0, 0.05) is 42.5 Å². The molecule has 6 rings (SSSR count). The van der Waals surface area contributed by atoms with Crippen molar-refractivity contribution in [3.8, 4) is 0 Å². The molecule has 3 N–H and O–H groups in total. The number of fused-ring (bicyclic) bond motifs is 1. The number of anilines is 3. The number of amides is 2. The van der Waals surface area contributed by atoms with Crippen LogP contribution >= 0.6 is 0 Å². The van der Waals surface area contributed by atoms with Crippen molar-refractivity contribution in [1.29, 1.82) is 0 Å². The number of benzene rings is 1. The van der Waals surface area contributed by atoms with Crippen LogP contribution in [0.2, 0.25) is 0 Å². The van der Waals surface area contributed by atoms with Crippen molar-refractivity contribution in [3.05, 3.63) is 47.2 Å². The van der Waals surface area contributed by atoms with E-state index in [1.54, 1.807) is 16.8 Å². The largest absolute Gasteiger partial charge is 0.379 e. The van der Waals surface area contributed by atoms with Crippen LogP contribution in [0, 0.1) is 0 Å². The highest BCUT2D eigenvalue weighted by Gasteiger charge is 2.26. The van der Waals surface area contributed by atoms with Crippen LogP contribution in [0.1, 0.15) is 30.4 Å². The van der Waals surface area contributed by atoms with Crippen LogP contribution in [0.15, 0.2) is 36.0 Å². The third-order valence-corrected chi connectivity index (χ3v) is 6.25. The summed E-state index contributed by atoms with van der Waals surface area (Å²) in [4.78, 5) is 35.3. The Labute approximate surface area is 201 Å². The predicted molar refractivity (Wildman–Crippen MR) is 129 cm³/mol. The maximum absolute atomic E-state index is 12.0. The topological polar surface area (TPSA) is 126 Å². The molecule has 2 aliphatic heterocycles. The summed E-state index contributed by atoms with van der Waals surface area (Å²) in [6, 6.07) is 8.61. The first-order valence-corrected chi connectivity index (χ1v) is 11.8. The molecule has 35 heavy (non-hydrogen) atoms. The molecule has 0 spiro atoms. The molecule has 0 bridgehead atoms. The molecule has 11 nitrogen and oxygen atoms in total. The molecule has 0 unspecified atom stereocenters. The fourth-order valence-electron chi connectivity index (χ4n) is 4.20. The predicted octanol–water partition coefficient (Wildman–Crippen LogP) is 1.70. The lowest BCUT2D eigenvalue weighted by atomic mass is 10.1. The maximum atomic E-state index is 12.0. The molecule has 0 atom stereocenters. The number of morpholine rings is 1. The van der Waals surface area contributed by atoms with E-state index < -0.39 is 0 Å². The minimum atomic E-state index is -0.379. The zero-order chi connectivity index (χ0) is 23.8. The summed E-state index contributed by atoms with van der Waals surface area (Å²) in [5, 5.41) is 13.4. The van der Waals surface area contributed by atoms with Gasteiger partial charge >= 0.3 is 0 Å². The third kappa shape index (κ3) is 4.86. The standard InChI is InChI=1S/C24H26N8O3/c33-20-12-16(22(34)28-20)11-17-13-25-32-21(17)29-23(30-24(32)27-19-5-6-19)26-18-3-1-15(2-4-18)14-31-7-9-35-10-8-31/h1-4,11,13,19H,5-10,12,14H2,(H,28,33,34)(H2,26,27,29,30)/b16-11+. The molecule has 4 heterocycles. The first kappa shape index (κ1) is 21.7. The van der Waals surface area contributed by atoms with Crippen molar-refractivity contribution in [3.63, 3.8) is 0 Å². The number of hydrogen-bond donors (Lipinski definition) is 3. The molecule has 1 aromatic carbocycles. The van der Waals surface area contributed by atoms with Gasteiger partial charge in [0.1, 0.15) is 0 Å². The number of ether oxygens (including phenoxy) is 1. The Hall–Kier alpha value is -3.83. The Balaban J connectivity index is 1.27. The van der Waals surface area contributed by atoms with E-state index in [-0.39, 0.29) is 18.2 Å². The summed E-state index contributed by atoms with van der Waals surface area (Å²) in [6.45, 7) is 4.36. The van der Waals surface area contributed by atoms with Gasteiger partial charge in [0.15, 0.2) is 5.65 Å². The van der Waals surface area contributed by atoms with Crippen LogP contribution in [-0.4, -0.2) is 68.6 Å². The Morgan fingerprint density at radius 2 is 1.91 bits per heavy atom. The van der Waals surface area contributed by atoms with Gasteiger partial charge in [-0.1, -0.05) is 12.1 Å². The lowest BCUT2D eigenvalue weighted by Gasteiger charge is -2.26. The molecule has 2 amide bonds. The van der Waals surface area contributed by atoms with Gasteiger partial charge < -0.3 is 15.4 Å². The summed E-state index contributed by atoms with van der Waals surface area (Å²) >= 11 is 0. The van der Waals surface area contributed by atoms with Gasteiger partial charge in [-0.25, -0.2) is 0 Å². The Bertz CT molecular complexity index is 1310. The summed E-state index contributed by atoms with van der Waals surface area (Å²) in [5.41, 5.74) is 3.70. The second kappa shape index (κ2) is 9.08. The Morgan fingerprint density at radius 3 is 2.63 bits per heavy atom. The maximum Gasteiger partial charge on any atom is 0.254 e. The van der Waals surface area contributed by atoms with E-state index in [9.17, 15) is 9.59 Å². The van der Waals surface area contributed by atoms with Gasteiger partial charge in [0.2, 0.25) is 17.8 Å². The van der Waals surface area contributed by atoms with Crippen LogP contribution in [0.3, 0.4) is 0 Å². The van der Waals surface area contributed by atoms with Crippen LogP contribution < -0.4 is 16.0 Å². The number of nitrogens with one attached hydrogen (secondary N) is 3. The number of imide groups is 1. The molecule has 3 aliphatic rings. The van der Waals surface area contributed by atoms with Crippen molar-refractivity contribution in [2.24, 2.45) is 0 Å². The van der Waals surface area contributed by atoms with Crippen LogP contribution in [-0.2, 0) is 20.9 Å². The fraction of sp³-hybridized carbons (Fsp3) is 0.375. The molecule has 3 fully saturated rings. The van der Waals surface area contributed by atoms with Crippen molar-refractivity contribution in [1.82, 2.24) is 29.8 Å². The summed E-state index contributed by atoms with van der Waals surface area (Å²) in [6.07, 6.45) is 5.52. The van der Waals surface area contributed by atoms with Gasteiger partial charge in [-0.2, -0.15) is 19.6 Å². The molecule has 3 aromatic rings. The van der Waals surface area contributed by atoms with Crippen LogP contribution in [0.5, 0.6) is 0 Å². The van der Waals surface area contributed by atoms with E-state index >= 15 is 0 Å². The van der Waals surface area contributed by atoms with Crippen molar-refractivity contribution in [2.75, 3.05) is 36.9 Å². The second-order valence-corrected chi connectivity index (χ2v) is 9.06. The van der Waals surface area contributed by atoms with Crippen molar-refractivity contribution >= 4 is 41.1 Å². The SMILES string of the molecule is O=C1C/C(=C\c2cnn3c(NC4CC4)nc(Nc4ccc(CN5CCOCC5)cc4)nc23)C(=O)N1. The molecule has 2 aromatic heterocycles. The molecule has 1 aliphatic carbocycles.